The highest BCUT2D eigenvalue weighted by Gasteiger charge is 2.20. The van der Waals surface area contributed by atoms with E-state index >= 15 is 0 Å². The number of ketones is 1. The number of aromatic amines is 2. The molecule has 5 N–H and O–H groups in total. The number of hydrogen-bond acceptors (Lipinski definition) is 4. The van der Waals surface area contributed by atoms with Gasteiger partial charge in [0.25, 0.3) is 0 Å². The average molecular weight is 259 g/mol. The third kappa shape index (κ3) is 2.30. The van der Waals surface area contributed by atoms with Crippen LogP contribution < -0.4 is 11.4 Å². The molecule has 0 spiro atoms. The van der Waals surface area contributed by atoms with Crippen LogP contribution >= 0.6 is 0 Å². The predicted molar refractivity (Wildman–Crippen MR) is 69.5 cm³/mol. The molecule has 0 radical (unpaired) electrons. The largest absolute Gasteiger partial charge is 0.384 e. The van der Waals surface area contributed by atoms with E-state index in [0.717, 1.165) is 0 Å². The maximum absolute atomic E-state index is 12.4. The fraction of sp³-hybridized carbons (Fsp3) is 0.167. The zero-order valence-electron chi connectivity index (χ0n) is 10.3. The molecule has 2 rings (SSSR count). The Kier molecular flexibility index (Phi) is 3.28. The third-order valence-corrected chi connectivity index (χ3v) is 2.74. The molecule has 0 amide bonds. The van der Waals surface area contributed by atoms with Crippen LogP contribution in [0.2, 0.25) is 0 Å². The van der Waals surface area contributed by atoms with E-state index in [-0.39, 0.29) is 28.4 Å². The quantitative estimate of drug-likeness (QED) is 0.354. The molecule has 0 aliphatic carbocycles. The summed E-state index contributed by atoms with van der Waals surface area (Å²) in [6.07, 6.45) is 3.31. The van der Waals surface area contributed by atoms with Gasteiger partial charge in [0.05, 0.1) is 0 Å². The van der Waals surface area contributed by atoms with Crippen LogP contribution in [0.1, 0.15) is 34.2 Å². The van der Waals surface area contributed by atoms with Gasteiger partial charge < -0.3 is 15.7 Å². The van der Waals surface area contributed by atoms with Crippen molar-refractivity contribution in [1.29, 1.82) is 5.41 Å². The van der Waals surface area contributed by atoms with E-state index in [1.807, 2.05) is 6.92 Å². The Morgan fingerprint density at radius 1 is 1.42 bits per heavy atom. The molecule has 2 heterocycles. The molecule has 98 valence electrons. The second-order valence-electron chi connectivity index (χ2n) is 3.95. The number of carbonyl (C=O) groups excluding carboxylic acids is 1. The number of nitrogens with two attached hydrogens (primary N) is 1. The number of rotatable bonds is 4. The molecule has 19 heavy (non-hydrogen) atoms. The second-order valence-corrected chi connectivity index (χ2v) is 3.95. The number of H-pyrrole nitrogens is 2. The van der Waals surface area contributed by atoms with Crippen LogP contribution in [-0.4, -0.2) is 26.6 Å². The van der Waals surface area contributed by atoms with E-state index in [9.17, 15) is 9.59 Å². The van der Waals surface area contributed by atoms with Gasteiger partial charge in [-0.15, -0.1) is 0 Å². The molecule has 0 unspecified atom stereocenters. The molecule has 7 nitrogen and oxygen atoms in total. The van der Waals surface area contributed by atoms with Gasteiger partial charge in [-0.25, -0.2) is 4.79 Å². The number of aromatic nitrogens is 3. The highest BCUT2D eigenvalue weighted by Crippen LogP contribution is 2.13. The first-order valence-electron chi connectivity index (χ1n) is 5.68. The molecule has 0 saturated carbocycles. The second kappa shape index (κ2) is 4.89. The zero-order valence-corrected chi connectivity index (χ0v) is 10.3. The van der Waals surface area contributed by atoms with Crippen molar-refractivity contribution >= 4 is 11.6 Å². The van der Waals surface area contributed by atoms with Crippen molar-refractivity contribution in [3.8, 4) is 0 Å². The summed E-state index contributed by atoms with van der Waals surface area (Å²) in [6, 6.07) is 1.48. The normalized spacial score (nSPS) is 10.4. The Labute approximate surface area is 108 Å². The van der Waals surface area contributed by atoms with E-state index in [1.165, 1.54) is 18.5 Å². The van der Waals surface area contributed by atoms with Gasteiger partial charge in [-0.1, -0.05) is 6.92 Å². The lowest BCUT2D eigenvalue weighted by molar-refractivity contribution is 0.103. The molecule has 2 aromatic heterocycles. The van der Waals surface area contributed by atoms with E-state index in [0.29, 0.717) is 12.1 Å². The average Bonchev–Trinajstić information content (AvgIpc) is 2.79. The molecule has 0 aliphatic rings. The van der Waals surface area contributed by atoms with Crippen LogP contribution in [0.4, 0.5) is 0 Å². The summed E-state index contributed by atoms with van der Waals surface area (Å²) in [5.74, 6) is -0.629. The maximum atomic E-state index is 12.4. The number of nitrogen functional groups attached to an aromatic ring is 1. The summed E-state index contributed by atoms with van der Waals surface area (Å²) in [7, 11) is 0. The first-order valence-corrected chi connectivity index (χ1v) is 5.68. The monoisotopic (exact) mass is 259 g/mol. The van der Waals surface area contributed by atoms with Gasteiger partial charge in [0, 0.05) is 29.2 Å². The van der Waals surface area contributed by atoms with E-state index in [2.05, 4.69) is 15.0 Å². The van der Waals surface area contributed by atoms with E-state index in [1.54, 1.807) is 0 Å². The summed E-state index contributed by atoms with van der Waals surface area (Å²) >= 11 is 0. The lowest BCUT2D eigenvalue weighted by Gasteiger charge is -2.06. The topological polar surface area (TPSA) is 128 Å². The van der Waals surface area contributed by atoms with Gasteiger partial charge >= 0.3 is 5.69 Å². The fourth-order valence-corrected chi connectivity index (χ4v) is 1.82. The molecule has 0 aromatic carbocycles. The third-order valence-electron chi connectivity index (χ3n) is 2.74. The van der Waals surface area contributed by atoms with Gasteiger partial charge in [0.15, 0.2) is 0 Å². The number of hydrogen-bond donors (Lipinski definition) is 4. The first kappa shape index (κ1) is 12.7. The van der Waals surface area contributed by atoms with Crippen molar-refractivity contribution in [1.82, 2.24) is 15.0 Å². The molecule has 0 fully saturated rings. The molecular weight excluding hydrogens is 246 g/mol. The number of carbonyl (C=O) groups is 1. The molecule has 0 atom stereocenters. The molecule has 0 aliphatic heterocycles. The summed E-state index contributed by atoms with van der Waals surface area (Å²) in [5, 5.41) is 7.44. The lowest BCUT2D eigenvalue weighted by atomic mass is 10.0. The molecule has 0 bridgehead atoms. The van der Waals surface area contributed by atoms with Crippen LogP contribution in [0.5, 0.6) is 0 Å². The van der Waals surface area contributed by atoms with E-state index < -0.39 is 5.69 Å². The fourth-order valence-electron chi connectivity index (χ4n) is 1.82. The Morgan fingerprint density at radius 3 is 2.79 bits per heavy atom. The Bertz CT molecular complexity index is 698. The predicted octanol–water partition coefficient (Wildman–Crippen LogP) is 0.175. The SMILES string of the molecule is CCc1[nH]c(=O)[nH]c1C(=O)c1ccncc1C(=N)N. The number of aryl methyl sites for hydroxylation is 1. The summed E-state index contributed by atoms with van der Waals surface area (Å²) in [4.78, 5) is 32.5. The van der Waals surface area contributed by atoms with Crippen LogP contribution in [0.25, 0.3) is 0 Å². The van der Waals surface area contributed by atoms with Gasteiger partial charge in [-0.3, -0.25) is 15.2 Å². The molecule has 2 aromatic rings. The summed E-state index contributed by atoms with van der Waals surface area (Å²) < 4.78 is 0. The molecule has 0 saturated heterocycles. The minimum absolute atomic E-state index is 0.196. The smallest absolute Gasteiger partial charge is 0.323 e. The van der Waals surface area contributed by atoms with Gasteiger partial charge in [0.1, 0.15) is 11.5 Å². The first-order chi connectivity index (χ1) is 9.04. The zero-order chi connectivity index (χ0) is 14.0. The number of amidine groups is 1. The Hall–Kier alpha value is -2.70. The Balaban J connectivity index is 2.56. The summed E-state index contributed by atoms with van der Waals surface area (Å²) in [5.41, 5.74) is 6.20. The van der Waals surface area contributed by atoms with Crippen LogP contribution in [0, 0.1) is 5.41 Å². The number of imidazole rings is 1. The minimum atomic E-state index is -0.432. The molecular formula is C12H13N5O2. The minimum Gasteiger partial charge on any atom is -0.384 e. The number of nitrogens with zero attached hydrogens (tertiary/aromatic N) is 1. The van der Waals surface area contributed by atoms with Crippen molar-refractivity contribution in [3.05, 3.63) is 51.5 Å². The maximum Gasteiger partial charge on any atom is 0.323 e. The number of nitrogens with one attached hydrogen (secondary N) is 3. The van der Waals surface area contributed by atoms with Gasteiger partial charge in [-0.05, 0) is 12.5 Å². The highest BCUT2D eigenvalue weighted by atomic mass is 16.1. The number of pyridine rings is 1. The highest BCUT2D eigenvalue weighted by molar-refractivity contribution is 6.14. The van der Waals surface area contributed by atoms with Gasteiger partial charge in [-0.2, -0.15) is 0 Å². The lowest BCUT2D eigenvalue weighted by Crippen LogP contribution is -2.18. The van der Waals surface area contributed by atoms with Crippen molar-refractivity contribution in [2.45, 2.75) is 13.3 Å². The summed E-state index contributed by atoms with van der Waals surface area (Å²) in [6.45, 7) is 1.83. The van der Waals surface area contributed by atoms with Crippen molar-refractivity contribution < 1.29 is 4.79 Å². The van der Waals surface area contributed by atoms with Gasteiger partial charge in [0.2, 0.25) is 5.78 Å². The standard InChI is InChI=1S/C12H13N5O2/c1-2-8-9(17-12(19)16-8)10(18)6-3-4-15-5-7(6)11(13)14/h3-5H,2H2,1H3,(H3,13,14)(H2,16,17,19). The van der Waals surface area contributed by atoms with Crippen molar-refractivity contribution in [2.75, 3.05) is 0 Å². The van der Waals surface area contributed by atoms with E-state index in [4.69, 9.17) is 11.1 Å². The van der Waals surface area contributed by atoms with Crippen LogP contribution in [0.3, 0.4) is 0 Å². The van der Waals surface area contributed by atoms with Crippen molar-refractivity contribution in [2.24, 2.45) is 5.73 Å². The Morgan fingerprint density at radius 2 is 2.16 bits per heavy atom. The van der Waals surface area contributed by atoms with Crippen LogP contribution in [0.15, 0.2) is 23.3 Å². The van der Waals surface area contributed by atoms with Crippen LogP contribution in [-0.2, 0) is 6.42 Å². The molecule has 7 heteroatoms. The van der Waals surface area contributed by atoms with Crippen molar-refractivity contribution in [3.63, 3.8) is 0 Å².